The van der Waals surface area contributed by atoms with Gasteiger partial charge in [-0.3, -0.25) is 14.5 Å². The minimum absolute atomic E-state index is 0.203. The Morgan fingerprint density at radius 3 is 2.37 bits per heavy atom. The number of imide groups is 1. The summed E-state index contributed by atoms with van der Waals surface area (Å²) in [5.74, 6) is -0.683. The average molecular weight is 385 g/mol. The van der Waals surface area contributed by atoms with Gasteiger partial charge in [-0.2, -0.15) is 0 Å². The van der Waals surface area contributed by atoms with Gasteiger partial charge in [0.05, 0.1) is 18.7 Å². The van der Waals surface area contributed by atoms with Crippen molar-refractivity contribution >= 4 is 34.7 Å². The molecule has 140 valence electrons. The van der Waals surface area contributed by atoms with Crippen LogP contribution in [0.25, 0.3) is 5.57 Å². The van der Waals surface area contributed by atoms with E-state index in [1.807, 2.05) is 38.1 Å². The summed E-state index contributed by atoms with van der Waals surface area (Å²) in [7, 11) is 1.54. The van der Waals surface area contributed by atoms with Crippen LogP contribution >= 0.6 is 11.6 Å². The van der Waals surface area contributed by atoms with Gasteiger partial charge in [-0.05, 0) is 43.2 Å². The maximum atomic E-state index is 13.0. The van der Waals surface area contributed by atoms with Crippen molar-refractivity contribution in [3.63, 3.8) is 0 Å². The maximum Gasteiger partial charge on any atom is 0.278 e. The molecule has 0 saturated heterocycles. The summed E-state index contributed by atoms with van der Waals surface area (Å²) in [6.45, 7) is 4.35. The van der Waals surface area contributed by atoms with Crippen molar-refractivity contribution < 1.29 is 14.3 Å². The van der Waals surface area contributed by atoms with Crippen molar-refractivity contribution in [1.29, 1.82) is 0 Å². The van der Waals surface area contributed by atoms with E-state index in [-0.39, 0.29) is 30.7 Å². The van der Waals surface area contributed by atoms with Crippen LogP contribution in [0.3, 0.4) is 0 Å². The average Bonchev–Trinajstić information content (AvgIpc) is 2.86. The van der Waals surface area contributed by atoms with Gasteiger partial charge in [0.25, 0.3) is 11.8 Å². The van der Waals surface area contributed by atoms with Gasteiger partial charge in [-0.25, -0.2) is 0 Å². The Bertz CT molecular complexity index is 920. The number of methoxy groups -OCH3 is 1. The maximum absolute atomic E-state index is 13.0. The summed E-state index contributed by atoms with van der Waals surface area (Å²) in [6, 6.07) is 12.9. The lowest BCUT2D eigenvalue weighted by Crippen LogP contribution is -2.35. The molecule has 0 radical (unpaired) electrons. The summed E-state index contributed by atoms with van der Waals surface area (Å²) < 4.78 is 5.04. The van der Waals surface area contributed by atoms with Gasteiger partial charge in [-0.15, -0.1) is 0 Å². The molecule has 0 atom stereocenters. The molecule has 27 heavy (non-hydrogen) atoms. The number of nitrogens with zero attached hydrogens (tertiary/aromatic N) is 1. The van der Waals surface area contributed by atoms with E-state index in [1.165, 1.54) is 12.0 Å². The standard InChI is InChI=1S/C21H21ClN2O3/c1-13-4-6-15(7-5-13)18-19(21(26)24(20(18)25)10-11-27-3)23-17-9-8-16(22)12-14(17)2/h4-9,12,23H,10-11H2,1-3H3. The van der Waals surface area contributed by atoms with Crippen LogP contribution in [0.2, 0.25) is 5.02 Å². The van der Waals surface area contributed by atoms with E-state index in [2.05, 4.69) is 5.32 Å². The Balaban J connectivity index is 2.05. The molecule has 0 bridgehead atoms. The highest BCUT2D eigenvalue weighted by Gasteiger charge is 2.39. The summed E-state index contributed by atoms with van der Waals surface area (Å²) >= 11 is 6.02. The van der Waals surface area contributed by atoms with E-state index < -0.39 is 0 Å². The SMILES string of the molecule is COCCN1C(=O)C(Nc2ccc(Cl)cc2C)=C(c2ccc(C)cc2)C1=O. The Labute approximate surface area is 163 Å². The van der Waals surface area contributed by atoms with Crippen LogP contribution in [-0.4, -0.2) is 37.0 Å². The van der Waals surface area contributed by atoms with E-state index >= 15 is 0 Å². The second-order valence-corrected chi connectivity index (χ2v) is 6.89. The van der Waals surface area contributed by atoms with Gasteiger partial charge < -0.3 is 10.1 Å². The number of rotatable bonds is 6. The van der Waals surface area contributed by atoms with Crippen LogP contribution in [0.1, 0.15) is 16.7 Å². The monoisotopic (exact) mass is 384 g/mol. The fourth-order valence-electron chi connectivity index (χ4n) is 2.97. The molecule has 1 heterocycles. The molecule has 2 aromatic carbocycles. The number of nitrogens with one attached hydrogen (secondary N) is 1. The molecule has 0 fully saturated rings. The number of hydrogen-bond donors (Lipinski definition) is 1. The van der Waals surface area contributed by atoms with Crippen molar-refractivity contribution in [3.8, 4) is 0 Å². The number of carbonyl (C=O) groups is 2. The zero-order valence-corrected chi connectivity index (χ0v) is 16.3. The lowest BCUT2D eigenvalue weighted by atomic mass is 10.0. The highest BCUT2D eigenvalue weighted by Crippen LogP contribution is 2.31. The molecule has 1 aliphatic rings. The summed E-state index contributed by atoms with van der Waals surface area (Å²) in [6.07, 6.45) is 0. The van der Waals surface area contributed by atoms with Gasteiger partial charge in [0.2, 0.25) is 0 Å². The van der Waals surface area contributed by atoms with Crippen LogP contribution < -0.4 is 5.32 Å². The van der Waals surface area contributed by atoms with Gasteiger partial charge in [-0.1, -0.05) is 41.4 Å². The highest BCUT2D eigenvalue weighted by molar-refractivity contribution is 6.36. The van der Waals surface area contributed by atoms with E-state index in [0.717, 1.165) is 16.8 Å². The fourth-order valence-corrected chi connectivity index (χ4v) is 3.19. The van der Waals surface area contributed by atoms with Crippen molar-refractivity contribution in [2.75, 3.05) is 25.6 Å². The number of ether oxygens (including phenoxy) is 1. The second kappa shape index (κ2) is 7.94. The summed E-state index contributed by atoms with van der Waals surface area (Å²) in [5.41, 5.74) is 4.03. The molecule has 2 aromatic rings. The number of carbonyl (C=O) groups excluding carboxylic acids is 2. The smallest absolute Gasteiger partial charge is 0.278 e. The molecule has 0 spiro atoms. The van der Waals surface area contributed by atoms with Gasteiger partial charge in [0.1, 0.15) is 5.70 Å². The number of amides is 2. The topological polar surface area (TPSA) is 58.6 Å². The van der Waals surface area contributed by atoms with Gasteiger partial charge in [0.15, 0.2) is 0 Å². The van der Waals surface area contributed by atoms with Crippen LogP contribution in [0, 0.1) is 13.8 Å². The molecule has 5 nitrogen and oxygen atoms in total. The molecule has 0 unspecified atom stereocenters. The Morgan fingerprint density at radius 2 is 1.74 bits per heavy atom. The number of hydrogen-bond acceptors (Lipinski definition) is 4. The van der Waals surface area contributed by atoms with Crippen molar-refractivity contribution in [1.82, 2.24) is 4.90 Å². The van der Waals surface area contributed by atoms with Crippen molar-refractivity contribution in [2.45, 2.75) is 13.8 Å². The Morgan fingerprint density at radius 1 is 1.04 bits per heavy atom. The summed E-state index contributed by atoms with van der Waals surface area (Å²) in [5, 5.41) is 3.77. The zero-order chi connectivity index (χ0) is 19.6. The third-order valence-electron chi connectivity index (χ3n) is 4.48. The fraction of sp³-hybridized carbons (Fsp3) is 0.238. The highest BCUT2D eigenvalue weighted by atomic mass is 35.5. The third kappa shape index (κ3) is 3.89. The third-order valence-corrected chi connectivity index (χ3v) is 4.71. The minimum Gasteiger partial charge on any atom is -0.383 e. The lowest BCUT2D eigenvalue weighted by Gasteiger charge is -2.15. The van der Waals surface area contributed by atoms with Gasteiger partial charge in [0, 0.05) is 17.8 Å². The molecule has 6 heteroatoms. The first-order valence-corrected chi connectivity index (χ1v) is 8.99. The van der Waals surface area contributed by atoms with E-state index in [4.69, 9.17) is 16.3 Å². The first-order valence-electron chi connectivity index (χ1n) is 8.62. The predicted octanol–water partition coefficient (Wildman–Crippen LogP) is 3.80. The van der Waals surface area contributed by atoms with Crippen LogP contribution in [0.15, 0.2) is 48.2 Å². The minimum atomic E-state index is -0.359. The molecule has 1 N–H and O–H groups in total. The summed E-state index contributed by atoms with van der Waals surface area (Å²) in [4.78, 5) is 27.2. The number of halogens is 1. The Kier molecular flexibility index (Phi) is 5.63. The van der Waals surface area contributed by atoms with Crippen molar-refractivity contribution in [3.05, 3.63) is 69.9 Å². The van der Waals surface area contributed by atoms with Crippen LogP contribution in [-0.2, 0) is 14.3 Å². The van der Waals surface area contributed by atoms with Crippen molar-refractivity contribution in [2.24, 2.45) is 0 Å². The normalized spacial score (nSPS) is 14.3. The number of benzene rings is 2. The number of aryl methyl sites for hydroxylation is 2. The van der Waals surface area contributed by atoms with Crippen LogP contribution in [0.4, 0.5) is 5.69 Å². The van der Waals surface area contributed by atoms with E-state index in [9.17, 15) is 9.59 Å². The molecule has 0 aromatic heterocycles. The predicted molar refractivity (Wildman–Crippen MR) is 107 cm³/mol. The lowest BCUT2D eigenvalue weighted by molar-refractivity contribution is -0.137. The molecular formula is C21H21ClN2O3. The molecule has 0 saturated carbocycles. The number of anilines is 1. The molecule has 2 amide bonds. The first-order chi connectivity index (χ1) is 12.9. The second-order valence-electron chi connectivity index (χ2n) is 6.46. The molecular weight excluding hydrogens is 364 g/mol. The van der Waals surface area contributed by atoms with Gasteiger partial charge >= 0.3 is 0 Å². The molecule has 1 aliphatic heterocycles. The quantitative estimate of drug-likeness (QED) is 0.770. The van der Waals surface area contributed by atoms with E-state index in [0.29, 0.717) is 16.2 Å². The van der Waals surface area contributed by atoms with E-state index in [1.54, 1.807) is 18.2 Å². The van der Waals surface area contributed by atoms with Crippen LogP contribution in [0.5, 0.6) is 0 Å². The zero-order valence-electron chi connectivity index (χ0n) is 15.5. The first kappa shape index (κ1) is 19.1. The molecule has 3 rings (SSSR count). The Hall–Kier alpha value is -2.63. The molecule has 0 aliphatic carbocycles. The largest absolute Gasteiger partial charge is 0.383 e.